The number of nitrogens with two attached hydrogens (primary N) is 1. The number of rotatable bonds is 6. The maximum absolute atomic E-state index is 12.5. The Kier molecular flexibility index (Phi) is 5.92. The summed E-state index contributed by atoms with van der Waals surface area (Å²) in [6, 6.07) is 17.8. The lowest BCUT2D eigenvalue weighted by molar-refractivity contribution is 0.102. The summed E-state index contributed by atoms with van der Waals surface area (Å²) < 4.78 is 50.0. The van der Waals surface area contributed by atoms with Crippen LogP contribution in [0, 0.1) is 6.92 Å². The van der Waals surface area contributed by atoms with Gasteiger partial charge >= 0.3 is 0 Å². The molecule has 4 N–H and O–H groups in total. The van der Waals surface area contributed by atoms with Gasteiger partial charge in [0.2, 0.25) is 10.0 Å². The SMILES string of the molecule is Cc1ccccc1C(=O)Nc1ccc(S(=O)(=O)Nc2ccc(S(N)(=O)=O)cc2)cc1. The summed E-state index contributed by atoms with van der Waals surface area (Å²) in [7, 11) is -7.77. The van der Waals surface area contributed by atoms with Crippen molar-refractivity contribution in [3.8, 4) is 0 Å². The van der Waals surface area contributed by atoms with Crippen molar-refractivity contribution < 1.29 is 21.6 Å². The highest BCUT2D eigenvalue weighted by Crippen LogP contribution is 2.20. The molecule has 0 radical (unpaired) electrons. The van der Waals surface area contributed by atoms with Gasteiger partial charge in [0.1, 0.15) is 0 Å². The highest BCUT2D eigenvalue weighted by Gasteiger charge is 2.16. The highest BCUT2D eigenvalue weighted by atomic mass is 32.2. The average Bonchev–Trinajstić information content (AvgIpc) is 2.68. The van der Waals surface area contributed by atoms with Crippen LogP contribution in [0.15, 0.2) is 82.6 Å². The van der Waals surface area contributed by atoms with Gasteiger partial charge in [-0.05, 0) is 67.1 Å². The molecule has 30 heavy (non-hydrogen) atoms. The minimum absolute atomic E-state index is 0.0214. The average molecular weight is 446 g/mol. The molecule has 0 aromatic heterocycles. The third-order valence-electron chi connectivity index (χ3n) is 4.25. The van der Waals surface area contributed by atoms with Crippen molar-refractivity contribution in [2.75, 3.05) is 10.0 Å². The molecule has 3 aromatic rings. The number of aryl methyl sites for hydroxylation is 1. The van der Waals surface area contributed by atoms with E-state index in [9.17, 15) is 21.6 Å². The summed E-state index contributed by atoms with van der Waals surface area (Å²) in [4.78, 5) is 12.2. The maximum Gasteiger partial charge on any atom is 0.261 e. The van der Waals surface area contributed by atoms with Crippen LogP contribution in [0.1, 0.15) is 15.9 Å². The zero-order valence-electron chi connectivity index (χ0n) is 15.9. The number of primary sulfonamides is 1. The predicted molar refractivity (Wildman–Crippen MR) is 114 cm³/mol. The molecule has 3 aromatic carbocycles. The maximum atomic E-state index is 12.5. The molecule has 0 aliphatic carbocycles. The standard InChI is InChI=1S/C20H19N3O5S2/c1-14-4-2-3-5-19(14)20(24)22-15-6-12-18(13-7-15)30(27,28)23-16-8-10-17(11-9-16)29(21,25)26/h2-13,23H,1H3,(H,22,24)(H2,21,25,26). The lowest BCUT2D eigenvalue weighted by Gasteiger charge is -2.10. The van der Waals surface area contributed by atoms with E-state index in [1.807, 2.05) is 19.1 Å². The van der Waals surface area contributed by atoms with Crippen molar-refractivity contribution >= 4 is 37.3 Å². The van der Waals surface area contributed by atoms with E-state index in [4.69, 9.17) is 5.14 Å². The van der Waals surface area contributed by atoms with Crippen LogP contribution in [0.5, 0.6) is 0 Å². The van der Waals surface area contributed by atoms with E-state index in [1.165, 1.54) is 48.5 Å². The number of anilines is 2. The van der Waals surface area contributed by atoms with Gasteiger partial charge in [0.25, 0.3) is 15.9 Å². The molecule has 0 heterocycles. The molecule has 156 valence electrons. The minimum Gasteiger partial charge on any atom is -0.322 e. The Labute approximate surface area is 174 Å². The first-order valence-electron chi connectivity index (χ1n) is 8.69. The van der Waals surface area contributed by atoms with Crippen LogP contribution in [0.25, 0.3) is 0 Å². The minimum atomic E-state index is -3.91. The molecule has 0 aliphatic rings. The van der Waals surface area contributed by atoms with Gasteiger partial charge < -0.3 is 5.32 Å². The van der Waals surface area contributed by atoms with Crippen LogP contribution in [-0.4, -0.2) is 22.7 Å². The zero-order valence-corrected chi connectivity index (χ0v) is 17.5. The number of carbonyl (C=O) groups excluding carboxylic acids is 1. The fraction of sp³-hybridized carbons (Fsp3) is 0.0500. The van der Waals surface area contributed by atoms with E-state index >= 15 is 0 Å². The second-order valence-electron chi connectivity index (χ2n) is 6.47. The predicted octanol–water partition coefficient (Wildman–Crippen LogP) is 2.70. The normalized spacial score (nSPS) is 11.7. The topological polar surface area (TPSA) is 135 Å². The van der Waals surface area contributed by atoms with Crippen LogP contribution in [0.2, 0.25) is 0 Å². The fourth-order valence-corrected chi connectivity index (χ4v) is 4.24. The van der Waals surface area contributed by atoms with Crippen LogP contribution < -0.4 is 15.2 Å². The number of benzene rings is 3. The van der Waals surface area contributed by atoms with Crippen molar-refractivity contribution in [3.63, 3.8) is 0 Å². The Balaban J connectivity index is 1.73. The van der Waals surface area contributed by atoms with Gasteiger partial charge in [0, 0.05) is 16.9 Å². The van der Waals surface area contributed by atoms with Crippen LogP contribution in [-0.2, 0) is 20.0 Å². The van der Waals surface area contributed by atoms with E-state index in [2.05, 4.69) is 10.0 Å². The summed E-state index contributed by atoms with van der Waals surface area (Å²) in [5.74, 6) is -0.295. The van der Waals surface area contributed by atoms with Crippen molar-refractivity contribution in [1.29, 1.82) is 0 Å². The Hall–Kier alpha value is -3.21. The van der Waals surface area contributed by atoms with Gasteiger partial charge in [-0.25, -0.2) is 22.0 Å². The summed E-state index contributed by atoms with van der Waals surface area (Å²) in [5, 5.41) is 7.75. The Morgan fingerprint density at radius 3 is 1.87 bits per heavy atom. The lowest BCUT2D eigenvalue weighted by Crippen LogP contribution is -2.15. The van der Waals surface area contributed by atoms with Gasteiger partial charge in [-0.3, -0.25) is 9.52 Å². The Morgan fingerprint density at radius 2 is 1.30 bits per heavy atom. The van der Waals surface area contributed by atoms with Crippen LogP contribution >= 0.6 is 0 Å². The Morgan fingerprint density at radius 1 is 0.767 bits per heavy atom. The molecular weight excluding hydrogens is 426 g/mol. The fourth-order valence-electron chi connectivity index (χ4n) is 2.67. The molecule has 0 saturated heterocycles. The third kappa shape index (κ3) is 5.03. The van der Waals surface area contributed by atoms with E-state index < -0.39 is 20.0 Å². The number of hydrogen-bond acceptors (Lipinski definition) is 5. The molecule has 1 amide bonds. The first kappa shape index (κ1) is 21.5. The van der Waals surface area contributed by atoms with Crippen LogP contribution in [0.4, 0.5) is 11.4 Å². The molecule has 0 fully saturated rings. The first-order valence-corrected chi connectivity index (χ1v) is 11.7. The molecule has 3 rings (SSSR count). The number of nitrogens with one attached hydrogen (secondary N) is 2. The zero-order chi connectivity index (χ0) is 21.9. The molecule has 0 atom stereocenters. The Bertz CT molecular complexity index is 1290. The molecule has 0 bridgehead atoms. The van der Waals surface area contributed by atoms with Crippen LogP contribution in [0.3, 0.4) is 0 Å². The number of hydrogen-bond donors (Lipinski definition) is 3. The molecule has 0 aliphatic heterocycles. The van der Waals surface area contributed by atoms with Crippen molar-refractivity contribution in [3.05, 3.63) is 83.9 Å². The van der Waals surface area contributed by atoms with Crippen molar-refractivity contribution in [2.45, 2.75) is 16.7 Å². The molecule has 0 saturated carbocycles. The first-order chi connectivity index (χ1) is 14.1. The largest absolute Gasteiger partial charge is 0.322 e. The van der Waals surface area contributed by atoms with Gasteiger partial charge in [-0.1, -0.05) is 18.2 Å². The molecule has 8 nitrogen and oxygen atoms in total. The van der Waals surface area contributed by atoms with E-state index in [0.717, 1.165) is 5.56 Å². The van der Waals surface area contributed by atoms with Crippen molar-refractivity contribution in [1.82, 2.24) is 0 Å². The van der Waals surface area contributed by atoms with Gasteiger partial charge in [0.05, 0.1) is 9.79 Å². The van der Waals surface area contributed by atoms with Crippen molar-refractivity contribution in [2.24, 2.45) is 5.14 Å². The molecule has 0 unspecified atom stereocenters. The smallest absolute Gasteiger partial charge is 0.261 e. The third-order valence-corrected chi connectivity index (χ3v) is 6.57. The van der Waals surface area contributed by atoms with E-state index in [1.54, 1.807) is 12.1 Å². The quantitative estimate of drug-likeness (QED) is 0.536. The summed E-state index contributed by atoms with van der Waals surface area (Å²) in [6.45, 7) is 1.83. The van der Waals surface area contributed by atoms with Gasteiger partial charge in [-0.15, -0.1) is 0 Å². The van der Waals surface area contributed by atoms with Gasteiger partial charge in [0.15, 0.2) is 0 Å². The van der Waals surface area contributed by atoms with Gasteiger partial charge in [-0.2, -0.15) is 0 Å². The van der Waals surface area contributed by atoms with E-state index in [0.29, 0.717) is 11.3 Å². The summed E-state index contributed by atoms with van der Waals surface area (Å²) in [6.07, 6.45) is 0. The number of amides is 1. The van der Waals surface area contributed by atoms with E-state index in [-0.39, 0.29) is 21.4 Å². The molecular formula is C20H19N3O5S2. The lowest BCUT2D eigenvalue weighted by atomic mass is 10.1. The second kappa shape index (κ2) is 8.27. The summed E-state index contributed by atoms with van der Waals surface area (Å²) >= 11 is 0. The highest BCUT2D eigenvalue weighted by molar-refractivity contribution is 7.92. The monoisotopic (exact) mass is 445 g/mol. The molecule has 10 heteroatoms. The molecule has 0 spiro atoms. The number of sulfonamides is 2. The summed E-state index contributed by atoms with van der Waals surface area (Å²) in [5.41, 5.74) is 1.98. The number of carbonyl (C=O) groups is 1. The second-order valence-corrected chi connectivity index (χ2v) is 9.71.